The summed E-state index contributed by atoms with van der Waals surface area (Å²) >= 11 is 0. The molecule has 2 heteroatoms. The van der Waals surface area contributed by atoms with Gasteiger partial charge in [-0.2, -0.15) is 0 Å². The number of Topliss-reactive ketones (excluding diaryl/α,β-unsaturated/α-hetero) is 1. The van der Waals surface area contributed by atoms with E-state index in [1.807, 2.05) is 0 Å². The molecule has 1 heterocycles. The minimum absolute atomic E-state index is 0.0338. The molecule has 0 aromatic carbocycles. The Balaban J connectivity index is 2.98. The Hall–Kier alpha value is -1.05. The number of hydrogen-bond acceptors (Lipinski definition) is 1. The average Bonchev–Trinajstić information content (AvgIpc) is 2.14. The van der Waals surface area contributed by atoms with Gasteiger partial charge >= 0.3 is 0 Å². The van der Waals surface area contributed by atoms with Crippen molar-refractivity contribution in [1.82, 2.24) is 4.98 Å². The summed E-state index contributed by atoms with van der Waals surface area (Å²) in [5.74, 6) is -0.0338. The maximum atomic E-state index is 10.5. The first-order valence-electron chi connectivity index (χ1n) is 2.86. The minimum Gasteiger partial charge on any atom is -0.359 e. The van der Waals surface area contributed by atoms with Crippen LogP contribution in [0.15, 0.2) is 18.3 Å². The minimum atomic E-state index is -0.0338. The third kappa shape index (κ3) is 0.780. The Kier molecular flexibility index (Phi) is 0.886. The summed E-state index contributed by atoms with van der Waals surface area (Å²) in [4.78, 5) is 13.1. The van der Waals surface area contributed by atoms with E-state index >= 15 is 0 Å². The molecular weight excluding hydrogens is 102 g/mol. The van der Waals surface area contributed by atoms with E-state index in [1.165, 1.54) is 6.92 Å². The summed E-state index contributed by atoms with van der Waals surface area (Å²) < 4.78 is 7.00. The topological polar surface area (TPSA) is 32.9 Å². The molecule has 2 nitrogen and oxygen atoms in total. The van der Waals surface area contributed by atoms with Crippen LogP contribution in [0, 0.1) is 0 Å². The zero-order valence-electron chi connectivity index (χ0n) is 5.56. The first-order chi connectivity index (χ1) is 4.20. The fourth-order valence-corrected chi connectivity index (χ4v) is 0.491. The van der Waals surface area contributed by atoms with E-state index in [-0.39, 0.29) is 12.0 Å². The molecule has 42 valence electrons. The molecule has 0 aliphatic carbocycles. The molecule has 0 aliphatic heterocycles. The van der Waals surface area contributed by atoms with Crippen molar-refractivity contribution in [1.29, 1.82) is 0 Å². The fourth-order valence-electron chi connectivity index (χ4n) is 0.491. The smallest absolute Gasteiger partial charge is 0.175 e. The Morgan fingerprint density at radius 2 is 2.75 bits per heavy atom. The third-order valence-corrected chi connectivity index (χ3v) is 0.919. The normalized spacial score (nSPS) is 10.9. The molecule has 0 saturated heterocycles. The van der Waals surface area contributed by atoms with Crippen molar-refractivity contribution in [2.75, 3.05) is 0 Å². The van der Waals surface area contributed by atoms with Crippen LogP contribution in [0.25, 0.3) is 0 Å². The van der Waals surface area contributed by atoms with Crippen LogP contribution in [0.5, 0.6) is 0 Å². The summed E-state index contributed by atoms with van der Waals surface area (Å²) in [7, 11) is 0. The summed E-state index contributed by atoms with van der Waals surface area (Å²) in [6.07, 6.45) is 0.278. The summed E-state index contributed by atoms with van der Waals surface area (Å²) in [6.45, 7) is 1.46. The van der Waals surface area contributed by atoms with E-state index in [2.05, 4.69) is 4.98 Å². The second-order valence-electron chi connectivity index (χ2n) is 1.57. The molecule has 0 fully saturated rings. The number of hydrogen-bond donors (Lipinski definition) is 1. The van der Waals surface area contributed by atoms with Crippen LogP contribution in [-0.4, -0.2) is 10.8 Å². The van der Waals surface area contributed by atoms with Gasteiger partial charge in [0.2, 0.25) is 0 Å². The van der Waals surface area contributed by atoms with Crippen molar-refractivity contribution < 1.29 is 6.17 Å². The van der Waals surface area contributed by atoms with E-state index < -0.39 is 0 Å². The van der Waals surface area contributed by atoms with Gasteiger partial charge < -0.3 is 4.98 Å². The van der Waals surface area contributed by atoms with Crippen LogP contribution in [0.2, 0.25) is 0 Å². The number of aromatic nitrogens is 1. The predicted octanol–water partition coefficient (Wildman–Crippen LogP) is 1.22. The molecule has 1 rings (SSSR count). The molecule has 0 aliphatic rings. The number of nitrogens with one attached hydrogen (secondary N) is 1. The predicted molar refractivity (Wildman–Crippen MR) is 30.8 cm³/mol. The largest absolute Gasteiger partial charge is 0.359 e. The number of H-pyrrole nitrogens is 1. The molecule has 0 atom stereocenters. The molecule has 0 unspecified atom stereocenters. The number of carbonyl (C=O) groups excluding carboxylic acids is 1. The van der Waals surface area contributed by atoms with E-state index in [9.17, 15) is 4.79 Å². The van der Waals surface area contributed by atoms with E-state index in [4.69, 9.17) is 1.37 Å². The van der Waals surface area contributed by atoms with Crippen molar-refractivity contribution in [2.24, 2.45) is 0 Å². The quantitative estimate of drug-likeness (QED) is 0.541. The highest BCUT2D eigenvalue weighted by Gasteiger charge is 1.94. The van der Waals surface area contributed by atoms with Crippen LogP contribution in [0.1, 0.15) is 18.8 Å². The molecule has 1 aromatic heterocycles. The third-order valence-electron chi connectivity index (χ3n) is 0.919. The van der Waals surface area contributed by atoms with E-state index in [1.54, 1.807) is 12.1 Å². The van der Waals surface area contributed by atoms with Crippen LogP contribution >= 0.6 is 0 Å². The lowest BCUT2D eigenvalue weighted by molar-refractivity contribution is 0.101. The van der Waals surface area contributed by atoms with Crippen LogP contribution in [0.3, 0.4) is 0 Å². The molecule has 0 bridgehead atoms. The number of ketones is 1. The van der Waals surface area contributed by atoms with Crippen LogP contribution < -0.4 is 0 Å². The van der Waals surface area contributed by atoms with Gasteiger partial charge in [0.25, 0.3) is 0 Å². The maximum Gasteiger partial charge on any atom is 0.175 e. The lowest BCUT2D eigenvalue weighted by Gasteiger charge is -1.81. The number of carbonyl (C=O) groups is 1. The van der Waals surface area contributed by atoms with Gasteiger partial charge in [0, 0.05) is 13.1 Å². The van der Waals surface area contributed by atoms with Crippen molar-refractivity contribution >= 4 is 5.78 Å². The highest BCUT2D eigenvalue weighted by Crippen LogP contribution is 1.93. The molecule has 0 radical (unpaired) electrons. The van der Waals surface area contributed by atoms with Gasteiger partial charge in [-0.05, 0) is 12.1 Å². The molecule has 1 aromatic rings. The zero-order valence-corrected chi connectivity index (χ0v) is 4.56. The molecular formula is C6H7NO. The molecule has 8 heavy (non-hydrogen) atoms. The highest BCUT2D eigenvalue weighted by atomic mass is 16.1. The maximum absolute atomic E-state index is 10.5. The van der Waals surface area contributed by atoms with Crippen LogP contribution in [-0.2, 0) is 0 Å². The summed E-state index contributed by atoms with van der Waals surface area (Å²) in [5.41, 5.74) is 0.500. The Morgan fingerprint density at radius 3 is 3.00 bits per heavy atom. The van der Waals surface area contributed by atoms with Gasteiger partial charge in [0.15, 0.2) is 5.78 Å². The lowest BCUT2D eigenvalue weighted by Crippen LogP contribution is -1.89. The first kappa shape index (κ1) is 3.89. The Bertz CT molecular complexity index is 229. The SMILES string of the molecule is [2H]c1ccc(C(C)=O)[nH]1. The van der Waals surface area contributed by atoms with E-state index in [0.29, 0.717) is 5.69 Å². The number of rotatable bonds is 1. The van der Waals surface area contributed by atoms with Crippen molar-refractivity contribution in [3.63, 3.8) is 0 Å². The Morgan fingerprint density at radius 1 is 2.00 bits per heavy atom. The Labute approximate surface area is 48.9 Å². The standard InChI is InChI=1S/C6H7NO/c1-5(8)6-3-2-4-7-6/h2-4,7H,1H3/i4D. The summed E-state index contributed by atoms with van der Waals surface area (Å²) in [5, 5.41) is 0. The highest BCUT2D eigenvalue weighted by molar-refractivity contribution is 5.92. The van der Waals surface area contributed by atoms with Crippen molar-refractivity contribution in [2.45, 2.75) is 6.92 Å². The van der Waals surface area contributed by atoms with Gasteiger partial charge in [-0.1, -0.05) is 0 Å². The number of aromatic amines is 1. The zero-order chi connectivity index (χ0) is 6.85. The first-order valence-corrected chi connectivity index (χ1v) is 2.36. The molecule has 0 spiro atoms. The fraction of sp³-hybridized carbons (Fsp3) is 0.167. The van der Waals surface area contributed by atoms with Crippen molar-refractivity contribution in [3.05, 3.63) is 24.0 Å². The molecule has 0 amide bonds. The van der Waals surface area contributed by atoms with Gasteiger partial charge in [0.1, 0.15) is 0 Å². The van der Waals surface area contributed by atoms with Gasteiger partial charge in [-0.25, -0.2) is 0 Å². The second kappa shape index (κ2) is 1.82. The lowest BCUT2D eigenvalue weighted by atomic mass is 10.3. The second-order valence-corrected chi connectivity index (χ2v) is 1.57. The van der Waals surface area contributed by atoms with Crippen LogP contribution in [0.4, 0.5) is 0 Å². The van der Waals surface area contributed by atoms with Gasteiger partial charge in [-0.15, -0.1) is 0 Å². The molecule has 0 saturated carbocycles. The van der Waals surface area contributed by atoms with Gasteiger partial charge in [0.05, 0.1) is 7.06 Å². The summed E-state index contributed by atoms with van der Waals surface area (Å²) in [6, 6.07) is 3.15. The molecule has 1 N–H and O–H groups in total. The van der Waals surface area contributed by atoms with Gasteiger partial charge in [-0.3, -0.25) is 4.79 Å². The van der Waals surface area contributed by atoms with E-state index in [0.717, 1.165) is 0 Å². The monoisotopic (exact) mass is 110 g/mol. The average molecular weight is 110 g/mol. The van der Waals surface area contributed by atoms with Crippen molar-refractivity contribution in [3.8, 4) is 0 Å².